The van der Waals surface area contributed by atoms with Crippen molar-refractivity contribution in [1.82, 2.24) is 9.78 Å². The lowest BCUT2D eigenvalue weighted by atomic mass is 9.52. The molecule has 4 bridgehead atoms. The van der Waals surface area contributed by atoms with Crippen molar-refractivity contribution >= 4 is 17.4 Å². The second-order valence-electron chi connectivity index (χ2n) is 10.1. The lowest BCUT2D eigenvalue weighted by Gasteiger charge is -2.60. The maximum Gasteiger partial charge on any atom is 0.269 e. The molecule has 6 nitrogen and oxygen atoms in total. The number of hydrogen-bond donors (Lipinski definition) is 2. The number of hydrogen-bond acceptors (Lipinski definition) is 4. The molecule has 1 aromatic carbocycles. The van der Waals surface area contributed by atoms with E-state index in [1.165, 1.54) is 24.0 Å². The molecular weight excluding hydrogens is 376 g/mol. The van der Waals surface area contributed by atoms with E-state index in [9.17, 15) is 9.90 Å². The van der Waals surface area contributed by atoms with Crippen molar-refractivity contribution in [2.75, 3.05) is 4.90 Å². The number of nitrogens with two attached hydrogens (primary N) is 1. The Balaban J connectivity index is 1.68. The van der Waals surface area contributed by atoms with Gasteiger partial charge in [0.25, 0.3) is 5.91 Å². The van der Waals surface area contributed by atoms with Crippen LogP contribution < -0.4 is 10.6 Å². The van der Waals surface area contributed by atoms with E-state index in [2.05, 4.69) is 42.0 Å². The molecule has 2 atom stereocenters. The summed E-state index contributed by atoms with van der Waals surface area (Å²) in [6.45, 7) is 6.21. The summed E-state index contributed by atoms with van der Waals surface area (Å²) in [7, 11) is 1.90. The number of benzene rings is 1. The van der Waals surface area contributed by atoms with Crippen LogP contribution in [0.25, 0.3) is 0 Å². The van der Waals surface area contributed by atoms with Crippen molar-refractivity contribution < 1.29 is 9.90 Å². The summed E-state index contributed by atoms with van der Waals surface area (Å²) in [5.74, 6) is 1.97. The molecule has 6 heteroatoms. The number of aryl methyl sites for hydroxylation is 3. The molecule has 2 aromatic rings. The Morgan fingerprint density at radius 3 is 2.40 bits per heavy atom. The molecule has 1 amide bonds. The third kappa shape index (κ3) is 2.88. The quantitative estimate of drug-likeness (QED) is 0.811. The Morgan fingerprint density at radius 1 is 1.20 bits per heavy atom. The van der Waals surface area contributed by atoms with E-state index in [4.69, 9.17) is 5.73 Å². The van der Waals surface area contributed by atoms with Crippen LogP contribution in [0.15, 0.2) is 18.2 Å². The molecule has 4 aliphatic carbocycles. The summed E-state index contributed by atoms with van der Waals surface area (Å²) < 4.78 is 1.81. The highest BCUT2D eigenvalue weighted by Gasteiger charge is 2.56. The van der Waals surface area contributed by atoms with Crippen molar-refractivity contribution in [3.63, 3.8) is 0 Å². The van der Waals surface area contributed by atoms with E-state index in [0.29, 0.717) is 23.4 Å². The Labute approximate surface area is 178 Å². The third-order valence-corrected chi connectivity index (χ3v) is 7.81. The van der Waals surface area contributed by atoms with Crippen LogP contribution in [0.5, 0.6) is 0 Å². The van der Waals surface area contributed by atoms with Crippen molar-refractivity contribution in [3.8, 4) is 0 Å². The molecule has 6 rings (SSSR count). The van der Waals surface area contributed by atoms with Crippen molar-refractivity contribution in [1.29, 1.82) is 0 Å². The molecule has 1 aromatic heterocycles. The van der Waals surface area contributed by atoms with Crippen LogP contribution in [-0.2, 0) is 7.05 Å². The zero-order valence-electron chi connectivity index (χ0n) is 18.4. The average molecular weight is 409 g/mol. The lowest BCUT2D eigenvalue weighted by molar-refractivity contribution is -0.132. The molecule has 0 spiro atoms. The van der Waals surface area contributed by atoms with Gasteiger partial charge in [0.05, 0.1) is 5.60 Å². The first-order valence-corrected chi connectivity index (χ1v) is 11.1. The van der Waals surface area contributed by atoms with Gasteiger partial charge >= 0.3 is 0 Å². The minimum Gasteiger partial charge on any atom is -0.390 e. The van der Waals surface area contributed by atoms with E-state index < -0.39 is 11.5 Å². The van der Waals surface area contributed by atoms with Gasteiger partial charge in [-0.15, -0.1) is 0 Å². The fourth-order valence-corrected chi connectivity index (χ4v) is 7.06. The normalized spacial score (nSPS) is 31.9. The predicted octanol–water partition coefficient (Wildman–Crippen LogP) is 3.52. The minimum absolute atomic E-state index is 0.290. The molecule has 3 N–H and O–H groups in total. The molecule has 0 radical (unpaired) electrons. The number of aliphatic hydroxyl groups is 1. The molecule has 4 aliphatic rings. The highest BCUT2D eigenvalue weighted by atomic mass is 16.3. The molecule has 4 saturated carbocycles. The van der Waals surface area contributed by atoms with Gasteiger partial charge in [0, 0.05) is 24.3 Å². The highest BCUT2D eigenvalue weighted by molar-refractivity contribution is 5.94. The monoisotopic (exact) mass is 408 g/mol. The second kappa shape index (κ2) is 6.58. The lowest BCUT2D eigenvalue weighted by Crippen LogP contribution is -2.61. The van der Waals surface area contributed by atoms with Gasteiger partial charge in [-0.1, -0.05) is 17.7 Å². The van der Waals surface area contributed by atoms with Gasteiger partial charge in [0.15, 0.2) is 5.69 Å². The summed E-state index contributed by atoms with van der Waals surface area (Å²) in [6, 6.07) is 6.85. The first-order valence-electron chi connectivity index (χ1n) is 11.1. The minimum atomic E-state index is -0.491. The molecule has 0 saturated heterocycles. The first kappa shape index (κ1) is 19.6. The van der Waals surface area contributed by atoms with Crippen LogP contribution in [0, 0.1) is 38.5 Å². The van der Waals surface area contributed by atoms with Crippen LogP contribution in [0.1, 0.15) is 59.3 Å². The Bertz CT molecular complexity index is 1010. The molecule has 0 aliphatic heterocycles. The zero-order valence-corrected chi connectivity index (χ0v) is 18.4. The Hall–Kier alpha value is -2.34. The summed E-state index contributed by atoms with van der Waals surface area (Å²) in [5.41, 5.74) is 9.92. The maximum absolute atomic E-state index is 12.0. The number of amides is 1. The van der Waals surface area contributed by atoms with Crippen molar-refractivity contribution in [3.05, 3.63) is 40.6 Å². The third-order valence-electron chi connectivity index (χ3n) is 7.81. The fourth-order valence-electron chi connectivity index (χ4n) is 7.06. The molecule has 2 unspecified atom stereocenters. The maximum atomic E-state index is 12.0. The van der Waals surface area contributed by atoms with Crippen LogP contribution in [0.4, 0.5) is 11.5 Å². The topological polar surface area (TPSA) is 84.4 Å². The highest BCUT2D eigenvalue weighted by Crippen LogP contribution is 2.58. The van der Waals surface area contributed by atoms with E-state index in [1.54, 1.807) is 0 Å². The molecule has 1 heterocycles. The van der Waals surface area contributed by atoms with Gasteiger partial charge in [0.1, 0.15) is 5.82 Å². The number of carbonyl (C=O) groups is 1. The summed E-state index contributed by atoms with van der Waals surface area (Å²) >= 11 is 0. The standard InChI is InChI=1S/C24H32N4O2/c1-13-5-6-19(14(2)7-13)28(23-15(3)20(22(25)29)26-27(23)4)21-17-8-16-9-18(21)12-24(30,10-16)11-17/h5-7,16-18,21,30H,8-12H2,1-4H3,(H2,25,29). The molecular formula is C24H32N4O2. The van der Waals surface area contributed by atoms with Gasteiger partial charge in [-0.25, -0.2) is 0 Å². The SMILES string of the molecule is Cc1ccc(N(c2c(C)c(C(N)=O)nn2C)C2C3CC4CC2CC(O)(C4)C3)c(C)c1. The van der Waals surface area contributed by atoms with Crippen molar-refractivity contribution in [2.24, 2.45) is 30.5 Å². The van der Waals surface area contributed by atoms with E-state index in [-0.39, 0.29) is 6.04 Å². The Kier molecular flexibility index (Phi) is 4.30. The largest absolute Gasteiger partial charge is 0.390 e. The van der Waals surface area contributed by atoms with Gasteiger partial charge < -0.3 is 15.7 Å². The number of carbonyl (C=O) groups excluding carboxylic acids is 1. The number of rotatable bonds is 4. The summed E-state index contributed by atoms with van der Waals surface area (Å²) in [6.07, 6.45) is 5.04. The summed E-state index contributed by atoms with van der Waals surface area (Å²) in [5, 5.41) is 15.6. The molecule has 4 fully saturated rings. The second-order valence-corrected chi connectivity index (χ2v) is 10.1. The smallest absolute Gasteiger partial charge is 0.269 e. The van der Waals surface area contributed by atoms with E-state index in [1.807, 2.05) is 18.7 Å². The fraction of sp³-hybridized carbons (Fsp3) is 0.583. The van der Waals surface area contributed by atoms with E-state index in [0.717, 1.165) is 36.3 Å². The zero-order chi connectivity index (χ0) is 21.4. The van der Waals surface area contributed by atoms with Crippen LogP contribution >= 0.6 is 0 Å². The van der Waals surface area contributed by atoms with Gasteiger partial charge in [-0.05, 0) is 82.3 Å². The predicted molar refractivity (Wildman–Crippen MR) is 117 cm³/mol. The van der Waals surface area contributed by atoms with Gasteiger partial charge in [-0.2, -0.15) is 5.10 Å². The number of anilines is 2. The van der Waals surface area contributed by atoms with E-state index >= 15 is 0 Å². The summed E-state index contributed by atoms with van der Waals surface area (Å²) in [4.78, 5) is 14.4. The first-order chi connectivity index (χ1) is 14.2. The van der Waals surface area contributed by atoms with Gasteiger partial charge in [-0.3, -0.25) is 9.48 Å². The Morgan fingerprint density at radius 2 is 1.87 bits per heavy atom. The van der Waals surface area contributed by atoms with Crippen molar-refractivity contribution in [2.45, 2.75) is 64.5 Å². The number of primary amides is 1. The number of aromatic nitrogens is 2. The molecule has 160 valence electrons. The average Bonchev–Trinajstić information content (AvgIpc) is 2.92. The molecule has 30 heavy (non-hydrogen) atoms. The van der Waals surface area contributed by atoms with Gasteiger partial charge in [0.2, 0.25) is 0 Å². The van der Waals surface area contributed by atoms with Crippen LogP contribution in [0.2, 0.25) is 0 Å². The van der Waals surface area contributed by atoms with Crippen LogP contribution in [-0.4, -0.2) is 32.4 Å². The van der Waals surface area contributed by atoms with Crippen LogP contribution in [0.3, 0.4) is 0 Å². The number of nitrogens with zero attached hydrogens (tertiary/aromatic N) is 3.